The molecule has 4 unspecified atom stereocenters. The highest BCUT2D eigenvalue weighted by molar-refractivity contribution is 5.94. The lowest BCUT2D eigenvalue weighted by molar-refractivity contribution is -0.145. The van der Waals surface area contributed by atoms with E-state index in [2.05, 4.69) is 10.6 Å². The van der Waals surface area contributed by atoms with Crippen molar-refractivity contribution in [1.82, 2.24) is 15.5 Å². The molecule has 1 aliphatic heterocycles. The second kappa shape index (κ2) is 14.5. The number of carbonyl (C=O) groups excluding carboxylic acids is 3. The van der Waals surface area contributed by atoms with Crippen LogP contribution in [0, 0.1) is 5.92 Å². The molecule has 3 amide bonds. The minimum Gasteiger partial charge on any atom is -0.480 e. The van der Waals surface area contributed by atoms with Gasteiger partial charge in [0.15, 0.2) is 0 Å². The number of hydrogen-bond acceptors (Lipinski definition) is 6. The van der Waals surface area contributed by atoms with Crippen LogP contribution in [-0.2, 0) is 25.6 Å². The molecule has 1 heterocycles. The molecule has 10 heteroatoms. The zero-order valence-electron chi connectivity index (χ0n) is 21.3. The van der Waals surface area contributed by atoms with Crippen LogP contribution < -0.4 is 22.1 Å². The first kappa shape index (κ1) is 29.3. The molecule has 10 nitrogen and oxygen atoms in total. The van der Waals surface area contributed by atoms with E-state index < -0.39 is 42.0 Å². The lowest BCUT2D eigenvalue weighted by Gasteiger charge is -2.30. The van der Waals surface area contributed by atoms with Crippen molar-refractivity contribution in [3.63, 3.8) is 0 Å². The lowest BCUT2D eigenvalue weighted by atomic mass is 10.0. The van der Waals surface area contributed by atoms with Crippen LogP contribution in [0.15, 0.2) is 30.3 Å². The Balaban J connectivity index is 2.10. The average Bonchev–Trinajstić information content (AvgIpc) is 3.33. The van der Waals surface area contributed by atoms with Gasteiger partial charge in [0, 0.05) is 6.54 Å². The van der Waals surface area contributed by atoms with Gasteiger partial charge in [-0.25, -0.2) is 4.79 Å². The zero-order chi connectivity index (χ0) is 26.7. The molecular weight excluding hydrogens is 462 g/mol. The Morgan fingerprint density at radius 3 is 2.39 bits per heavy atom. The summed E-state index contributed by atoms with van der Waals surface area (Å²) < 4.78 is 0. The fourth-order valence-electron chi connectivity index (χ4n) is 4.45. The van der Waals surface area contributed by atoms with E-state index >= 15 is 0 Å². The molecule has 7 N–H and O–H groups in total. The van der Waals surface area contributed by atoms with Crippen molar-refractivity contribution in [1.29, 1.82) is 0 Å². The number of carboxylic acid groups (broad SMARTS) is 1. The molecule has 0 aliphatic carbocycles. The minimum absolute atomic E-state index is 0.0787. The number of benzene rings is 1. The number of nitrogens with zero attached hydrogens (tertiary/aromatic N) is 1. The zero-order valence-corrected chi connectivity index (χ0v) is 21.3. The second-order valence-corrected chi connectivity index (χ2v) is 9.86. The number of rotatable bonds is 14. The summed E-state index contributed by atoms with van der Waals surface area (Å²) in [5, 5.41) is 14.9. The fourth-order valence-corrected chi connectivity index (χ4v) is 4.45. The largest absolute Gasteiger partial charge is 0.480 e. The van der Waals surface area contributed by atoms with Crippen LogP contribution in [-0.4, -0.2) is 71.0 Å². The first-order chi connectivity index (χ1) is 17.1. The van der Waals surface area contributed by atoms with Crippen molar-refractivity contribution in [2.45, 2.75) is 83.0 Å². The number of nitrogens with one attached hydrogen (secondary N) is 2. The predicted octanol–water partition coefficient (Wildman–Crippen LogP) is 0.777. The molecule has 0 bridgehead atoms. The molecule has 4 atom stereocenters. The molecule has 1 fully saturated rings. The Morgan fingerprint density at radius 1 is 1.08 bits per heavy atom. The van der Waals surface area contributed by atoms with Crippen LogP contribution in [0.1, 0.15) is 57.9 Å². The van der Waals surface area contributed by atoms with Gasteiger partial charge in [0.05, 0.1) is 6.04 Å². The van der Waals surface area contributed by atoms with E-state index in [1.165, 1.54) is 4.90 Å². The van der Waals surface area contributed by atoms with E-state index in [1.807, 2.05) is 44.2 Å². The molecule has 1 aliphatic rings. The van der Waals surface area contributed by atoms with Crippen molar-refractivity contribution < 1.29 is 24.3 Å². The van der Waals surface area contributed by atoms with Gasteiger partial charge in [-0.1, -0.05) is 44.2 Å². The van der Waals surface area contributed by atoms with Crippen molar-refractivity contribution in [2.75, 3.05) is 13.1 Å². The number of nitrogens with two attached hydrogens (primary N) is 2. The first-order valence-corrected chi connectivity index (χ1v) is 12.8. The molecular formula is C26H41N5O5. The lowest BCUT2D eigenvalue weighted by Crippen LogP contribution is -2.57. The van der Waals surface area contributed by atoms with Crippen molar-refractivity contribution in [3.8, 4) is 0 Å². The number of amides is 3. The SMILES string of the molecule is CC(C)CC(NC(=O)C1CCCN1C(=O)C(CCCCN)NC(=O)C(N)Cc1ccccc1)C(=O)O. The quantitative estimate of drug-likeness (QED) is 0.234. The van der Waals surface area contributed by atoms with Gasteiger partial charge >= 0.3 is 5.97 Å². The molecule has 1 saturated heterocycles. The predicted molar refractivity (Wildman–Crippen MR) is 137 cm³/mol. The Morgan fingerprint density at radius 2 is 1.78 bits per heavy atom. The van der Waals surface area contributed by atoms with Crippen molar-refractivity contribution in [3.05, 3.63) is 35.9 Å². The number of carboxylic acids is 1. The number of unbranched alkanes of at least 4 members (excludes halogenated alkanes) is 1. The van der Waals surface area contributed by atoms with Gasteiger partial charge < -0.3 is 32.1 Å². The van der Waals surface area contributed by atoms with E-state index in [1.54, 1.807) is 0 Å². The highest BCUT2D eigenvalue weighted by Gasteiger charge is 2.39. The maximum absolute atomic E-state index is 13.5. The molecule has 0 saturated carbocycles. The number of likely N-dealkylation sites (tertiary alicyclic amines) is 1. The van der Waals surface area contributed by atoms with Crippen molar-refractivity contribution in [2.24, 2.45) is 17.4 Å². The summed E-state index contributed by atoms with van der Waals surface area (Å²) in [4.78, 5) is 52.4. The highest BCUT2D eigenvalue weighted by atomic mass is 16.4. The van der Waals surface area contributed by atoms with E-state index in [0.717, 1.165) is 5.56 Å². The minimum atomic E-state index is -1.10. The summed E-state index contributed by atoms with van der Waals surface area (Å²) in [6.07, 6.45) is 3.36. The van der Waals surface area contributed by atoms with E-state index in [4.69, 9.17) is 11.5 Å². The van der Waals surface area contributed by atoms with Gasteiger partial charge in [0.2, 0.25) is 17.7 Å². The molecule has 200 valence electrons. The summed E-state index contributed by atoms with van der Waals surface area (Å²) in [7, 11) is 0. The molecule has 0 radical (unpaired) electrons. The normalized spacial score (nSPS) is 17.9. The summed E-state index contributed by atoms with van der Waals surface area (Å²) >= 11 is 0. The molecule has 0 spiro atoms. The molecule has 1 aromatic carbocycles. The number of carbonyl (C=O) groups is 4. The molecule has 2 rings (SSSR count). The first-order valence-electron chi connectivity index (χ1n) is 12.8. The van der Waals surface area contributed by atoms with E-state index in [-0.39, 0.29) is 11.8 Å². The fraction of sp³-hybridized carbons (Fsp3) is 0.615. The Hall–Kier alpha value is -2.98. The van der Waals surface area contributed by atoms with Gasteiger partial charge in [0.1, 0.15) is 18.1 Å². The summed E-state index contributed by atoms with van der Waals surface area (Å²) in [5.41, 5.74) is 12.7. The van der Waals surface area contributed by atoms with Crippen LogP contribution in [0.5, 0.6) is 0 Å². The monoisotopic (exact) mass is 503 g/mol. The molecule has 1 aromatic rings. The van der Waals surface area contributed by atoms with Crippen molar-refractivity contribution >= 4 is 23.7 Å². The topological polar surface area (TPSA) is 168 Å². The summed E-state index contributed by atoms with van der Waals surface area (Å²) in [5.74, 6) is -2.31. The summed E-state index contributed by atoms with van der Waals surface area (Å²) in [6.45, 7) is 4.58. The Labute approximate surface area is 213 Å². The standard InChI is InChI=1S/C26H41N5O5/c1-17(2)15-21(26(35)36)30-24(33)22-12-8-14-31(22)25(34)20(11-6-7-13-27)29-23(32)19(28)16-18-9-4-3-5-10-18/h3-5,9-10,17,19-22H,6-8,11-16,27-28H2,1-2H3,(H,29,32)(H,30,33)(H,35,36). The maximum atomic E-state index is 13.5. The third-order valence-corrected chi connectivity index (χ3v) is 6.36. The maximum Gasteiger partial charge on any atom is 0.326 e. The van der Waals surface area contributed by atoms with Gasteiger partial charge in [0.25, 0.3) is 0 Å². The van der Waals surface area contributed by atoms with Crippen LogP contribution in [0.4, 0.5) is 0 Å². The van der Waals surface area contributed by atoms with Crippen LogP contribution in [0.2, 0.25) is 0 Å². The smallest absolute Gasteiger partial charge is 0.326 e. The van der Waals surface area contributed by atoms with E-state index in [9.17, 15) is 24.3 Å². The Bertz CT molecular complexity index is 879. The molecule has 36 heavy (non-hydrogen) atoms. The average molecular weight is 504 g/mol. The Kier molecular flexibility index (Phi) is 11.8. The van der Waals surface area contributed by atoms with Crippen LogP contribution in [0.25, 0.3) is 0 Å². The number of hydrogen-bond donors (Lipinski definition) is 5. The second-order valence-electron chi connectivity index (χ2n) is 9.86. The number of aliphatic carboxylic acids is 1. The summed E-state index contributed by atoms with van der Waals surface area (Å²) in [6, 6.07) is 5.91. The highest BCUT2D eigenvalue weighted by Crippen LogP contribution is 2.21. The van der Waals surface area contributed by atoms with Gasteiger partial charge in [-0.15, -0.1) is 0 Å². The van der Waals surface area contributed by atoms with Crippen LogP contribution >= 0.6 is 0 Å². The van der Waals surface area contributed by atoms with Gasteiger partial charge in [-0.05, 0) is 63.0 Å². The van der Waals surface area contributed by atoms with E-state index in [0.29, 0.717) is 58.0 Å². The van der Waals surface area contributed by atoms with Gasteiger partial charge in [-0.2, -0.15) is 0 Å². The third-order valence-electron chi connectivity index (χ3n) is 6.36. The third kappa shape index (κ3) is 8.91. The molecule has 0 aromatic heterocycles. The van der Waals surface area contributed by atoms with Crippen LogP contribution in [0.3, 0.4) is 0 Å². The van der Waals surface area contributed by atoms with Gasteiger partial charge in [-0.3, -0.25) is 14.4 Å².